The van der Waals surface area contributed by atoms with Crippen molar-refractivity contribution >= 4 is 30.0 Å². The first-order chi connectivity index (χ1) is 10.1. The van der Waals surface area contributed by atoms with Crippen molar-refractivity contribution in [2.24, 2.45) is 23.3 Å². The molecule has 22 heavy (non-hydrogen) atoms. The molecule has 6 nitrogen and oxygen atoms in total. The molecule has 122 valence electrons. The number of hydrogen-bond donors (Lipinski definition) is 4. The van der Waals surface area contributed by atoms with Gasteiger partial charge in [0.1, 0.15) is 0 Å². The van der Waals surface area contributed by atoms with Crippen LogP contribution in [0.3, 0.4) is 0 Å². The Kier molecular flexibility index (Phi) is 7.14. The predicted molar refractivity (Wildman–Crippen MR) is 88.6 cm³/mol. The summed E-state index contributed by atoms with van der Waals surface area (Å²) in [6, 6.07) is 6.78. The van der Waals surface area contributed by atoms with E-state index in [1.807, 2.05) is 24.3 Å². The summed E-state index contributed by atoms with van der Waals surface area (Å²) in [5.41, 5.74) is 12.4. The van der Waals surface area contributed by atoms with Crippen molar-refractivity contribution in [1.82, 2.24) is 5.32 Å². The number of nitrogens with one attached hydrogen (secondary N) is 2. The summed E-state index contributed by atoms with van der Waals surface area (Å²) in [5, 5.41) is 5.45. The molecule has 0 saturated heterocycles. The largest absolute Gasteiger partial charge is 0.352 e. The molecule has 2 rings (SSSR count). The first kappa shape index (κ1) is 18.3. The number of benzene rings is 1. The minimum Gasteiger partial charge on any atom is -0.352 e. The molecule has 1 aromatic carbocycles. The Morgan fingerprint density at radius 3 is 2.45 bits per heavy atom. The Labute approximate surface area is 136 Å². The Bertz CT molecular complexity index is 507. The zero-order valence-corrected chi connectivity index (χ0v) is 13.2. The van der Waals surface area contributed by atoms with Crippen LogP contribution in [0.15, 0.2) is 24.3 Å². The Morgan fingerprint density at radius 2 is 1.86 bits per heavy atom. The molecule has 1 saturated carbocycles. The maximum atomic E-state index is 12.2. The molecule has 3 amide bonds. The van der Waals surface area contributed by atoms with E-state index in [0.717, 1.165) is 30.5 Å². The molecule has 1 aliphatic carbocycles. The summed E-state index contributed by atoms with van der Waals surface area (Å²) in [4.78, 5) is 22.9. The minimum absolute atomic E-state index is 0. The first-order valence-corrected chi connectivity index (χ1v) is 7.23. The van der Waals surface area contributed by atoms with Crippen molar-refractivity contribution in [3.05, 3.63) is 29.8 Å². The number of rotatable bonds is 5. The lowest BCUT2D eigenvalue weighted by atomic mass is 9.95. The van der Waals surface area contributed by atoms with Crippen LogP contribution in [0.4, 0.5) is 10.5 Å². The molecule has 1 aliphatic rings. The van der Waals surface area contributed by atoms with E-state index in [0.29, 0.717) is 19.0 Å². The lowest BCUT2D eigenvalue weighted by Crippen LogP contribution is -2.29. The van der Waals surface area contributed by atoms with Crippen molar-refractivity contribution in [2.45, 2.75) is 25.8 Å². The Hall–Kier alpha value is -1.79. The summed E-state index contributed by atoms with van der Waals surface area (Å²) >= 11 is 0. The van der Waals surface area contributed by atoms with E-state index < -0.39 is 6.03 Å². The lowest BCUT2D eigenvalue weighted by Gasteiger charge is -2.17. The van der Waals surface area contributed by atoms with Crippen LogP contribution in [0.2, 0.25) is 0 Å². The van der Waals surface area contributed by atoms with E-state index in [1.165, 1.54) is 0 Å². The standard InChI is InChI=1S/C15H22N4O2.ClH/c16-8-11-2-1-3-13(11)14(20)19-12-6-4-10(5-7-12)9-18-15(17)21;/h4-7,11,13H,1-3,8-9,16H2,(H,19,20)(H3,17,18,21);1H/t11-,13-;/m1./s1. The quantitative estimate of drug-likeness (QED) is 0.659. The van der Waals surface area contributed by atoms with E-state index in [9.17, 15) is 9.59 Å². The van der Waals surface area contributed by atoms with Crippen LogP contribution in [-0.2, 0) is 11.3 Å². The third-order valence-corrected chi connectivity index (χ3v) is 3.99. The highest BCUT2D eigenvalue weighted by molar-refractivity contribution is 5.92. The van der Waals surface area contributed by atoms with E-state index in [4.69, 9.17) is 11.5 Å². The van der Waals surface area contributed by atoms with Gasteiger partial charge in [0, 0.05) is 18.2 Å². The maximum absolute atomic E-state index is 12.2. The van der Waals surface area contributed by atoms with E-state index in [2.05, 4.69) is 10.6 Å². The molecule has 0 radical (unpaired) electrons. The normalized spacial score (nSPS) is 20.0. The van der Waals surface area contributed by atoms with Crippen LogP contribution in [0.5, 0.6) is 0 Å². The third-order valence-electron chi connectivity index (χ3n) is 3.99. The smallest absolute Gasteiger partial charge is 0.312 e. The SMILES string of the molecule is Cl.NC[C@H]1CCC[C@H]1C(=O)Nc1ccc(CNC(N)=O)cc1. The number of hydrogen-bond acceptors (Lipinski definition) is 3. The van der Waals surface area contributed by atoms with Gasteiger partial charge in [0.05, 0.1) is 0 Å². The van der Waals surface area contributed by atoms with Crippen LogP contribution in [0.1, 0.15) is 24.8 Å². The molecular weight excluding hydrogens is 304 g/mol. The molecule has 1 aromatic rings. The Morgan fingerprint density at radius 1 is 1.18 bits per heavy atom. The minimum atomic E-state index is -0.554. The van der Waals surface area contributed by atoms with Gasteiger partial charge in [-0.05, 0) is 43.0 Å². The van der Waals surface area contributed by atoms with E-state index in [-0.39, 0.29) is 24.2 Å². The Balaban J connectivity index is 0.00000242. The number of primary amides is 1. The molecule has 0 spiro atoms. The number of urea groups is 1. The molecule has 0 bridgehead atoms. The summed E-state index contributed by atoms with van der Waals surface area (Å²) in [5.74, 6) is 0.362. The number of nitrogens with two attached hydrogens (primary N) is 2. The molecule has 6 N–H and O–H groups in total. The molecule has 0 heterocycles. The zero-order valence-electron chi connectivity index (χ0n) is 12.4. The fraction of sp³-hybridized carbons (Fsp3) is 0.467. The van der Waals surface area contributed by atoms with Gasteiger partial charge in [-0.1, -0.05) is 18.6 Å². The van der Waals surface area contributed by atoms with Crippen LogP contribution in [0.25, 0.3) is 0 Å². The lowest BCUT2D eigenvalue weighted by molar-refractivity contribution is -0.120. The van der Waals surface area contributed by atoms with Gasteiger partial charge in [0.15, 0.2) is 0 Å². The second-order valence-corrected chi connectivity index (χ2v) is 5.44. The summed E-state index contributed by atoms with van der Waals surface area (Å²) in [7, 11) is 0. The molecule has 0 aliphatic heterocycles. The number of carbonyl (C=O) groups excluding carboxylic acids is 2. The molecule has 7 heteroatoms. The van der Waals surface area contributed by atoms with Gasteiger partial charge in [-0.15, -0.1) is 12.4 Å². The van der Waals surface area contributed by atoms with Crippen molar-refractivity contribution in [2.75, 3.05) is 11.9 Å². The average Bonchev–Trinajstić information content (AvgIpc) is 2.95. The fourth-order valence-corrected chi connectivity index (χ4v) is 2.79. The van der Waals surface area contributed by atoms with Crippen molar-refractivity contribution in [1.29, 1.82) is 0 Å². The van der Waals surface area contributed by atoms with Gasteiger partial charge in [-0.25, -0.2) is 4.79 Å². The topological polar surface area (TPSA) is 110 Å². The summed E-state index contributed by atoms with van der Waals surface area (Å²) in [6.45, 7) is 0.942. The van der Waals surface area contributed by atoms with Gasteiger partial charge in [-0.3, -0.25) is 4.79 Å². The van der Waals surface area contributed by atoms with Gasteiger partial charge in [-0.2, -0.15) is 0 Å². The number of halogens is 1. The molecular formula is C15H23ClN4O2. The monoisotopic (exact) mass is 326 g/mol. The maximum Gasteiger partial charge on any atom is 0.312 e. The highest BCUT2D eigenvalue weighted by Crippen LogP contribution is 2.31. The molecule has 0 unspecified atom stereocenters. The van der Waals surface area contributed by atoms with E-state index in [1.54, 1.807) is 0 Å². The van der Waals surface area contributed by atoms with Crippen molar-refractivity contribution in [3.8, 4) is 0 Å². The summed E-state index contributed by atoms with van der Waals surface area (Å²) < 4.78 is 0. The highest BCUT2D eigenvalue weighted by Gasteiger charge is 2.31. The number of carbonyl (C=O) groups is 2. The van der Waals surface area contributed by atoms with Crippen molar-refractivity contribution in [3.63, 3.8) is 0 Å². The highest BCUT2D eigenvalue weighted by atomic mass is 35.5. The average molecular weight is 327 g/mol. The van der Waals surface area contributed by atoms with Crippen LogP contribution >= 0.6 is 12.4 Å². The summed E-state index contributed by atoms with van der Waals surface area (Å²) in [6.07, 6.45) is 3.01. The zero-order chi connectivity index (χ0) is 15.2. The second kappa shape index (κ2) is 8.60. The van der Waals surface area contributed by atoms with Crippen molar-refractivity contribution < 1.29 is 9.59 Å². The van der Waals surface area contributed by atoms with Gasteiger partial charge >= 0.3 is 6.03 Å². The molecule has 1 fully saturated rings. The predicted octanol–water partition coefficient (Wildman–Crippen LogP) is 1.59. The van der Waals surface area contributed by atoms with Crippen LogP contribution in [-0.4, -0.2) is 18.5 Å². The molecule has 2 atom stereocenters. The molecule has 0 aromatic heterocycles. The second-order valence-electron chi connectivity index (χ2n) is 5.44. The van der Waals surface area contributed by atoms with Gasteiger partial charge in [0.25, 0.3) is 0 Å². The van der Waals surface area contributed by atoms with Gasteiger partial charge in [0.2, 0.25) is 5.91 Å². The van der Waals surface area contributed by atoms with Crippen LogP contribution < -0.4 is 22.1 Å². The third kappa shape index (κ3) is 4.89. The van der Waals surface area contributed by atoms with Gasteiger partial charge < -0.3 is 22.1 Å². The number of amides is 3. The van der Waals surface area contributed by atoms with E-state index >= 15 is 0 Å². The van der Waals surface area contributed by atoms with Crippen LogP contribution in [0, 0.1) is 11.8 Å². The number of anilines is 1. The first-order valence-electron chi connectivity index (χ1n) is 7.23. The fourth-order valence-electron chi connectivity index (χ4n) is 2.79.